The van der Waals surface area contributed by atoms with Crippen molar-refractivity contribution in [2.45, 2.75) is 19.5 Å². The summed E-state index contributed by atoms with van der Waals surface area (Å²) in [7, 11) is 1.68. The van der Waals surface area contributed by atoms with E-state index < -0.39 is 0 Å². The summed E-state index contributed by atoms with van der Waals surface area (Å²) < 4.78 is 5.17. The second-order valence-corrected chi connectivity index (χ2v) is 5.83. The number of hydrogen-bond donors (Lipinski definition) is 1. The summed E-state index contributed by atoms with van der Waals surface area (Å²) in [5.41, 5.74) is 4.01. The molecular formula is C18H20N2OS. The molecule has 0 saturated heterocycles. The molecule has 0 radical (unpaired) electrons. The normalized spacial score (nSPS) is 13.4. The molecule has 0 spiro atoms. The molecule has 0 bridgehead atoms. The fourth-order valence-corrected chi connectivity index (χ4v) is 2.93. The number of methoxy groups -OCH3 is 1. The lowest BCUT2D eigenvalue weighted by molar-refractivity contribution is 0.387. The van der Waals surface area contributed by atoms with E-state index in [4.69, 9.17) is 17.0 Å². The van der Waals surface area contributed by atoms with Crippen molar-refractivity contribution in [2.75, 3.05) is 13.7 Å². The van der Waals surface area contributed by atoms with E-state index in [2.05, 4.69) is 46.6 Å². The molecule has 114 valence electrons. The van der Waals surface area contributed by atoms with Crippen molar-refractivity contribution in [1.29, 1.82) is 0 Å². The molecule has 0 atom stereocenters. The van der Waals surface area contributed by atoms with Gasteiger partial charge in [0.2, 0.25) is 0 Å². The number of thiocarbonyl (C=S) groups is 1. The number of nitrogens with one attached hydrogen (secondary N) is 1. The van der Waals surface area contributed by atoms with Gasteiger partial charge in [-0.2, -0.15) is 0 Å². The van der Waals surface area contributed by atoms with Crippen LogP contribution in [0.2, 0.25) is 0 Å². The van der Waals surface area contributed by atoms with Crippen LogP contribution >= 0.6 is 12.2 Å². The van der Waals surface area contributed by atoms with Gasteiger partial charge in [0.05, 0.1) is 7.11 Å². The van der Waals surface area contributed by atoms with Crippen LogP contribution in [0, 0.1) is 0 Å². The SMILES string of the molecule is COc1ccc(CNC(=S)N2CCc3ccccc3C2)cc1. The number of hydrogen-bond acceptors (Lipinski definition) is 2. The third-order valence-electron chi connectivity index (χ3n) is 4.02. The first-order valence-electron chi connectivity index (χ1n) is 7.49. The summed E-state index contributed by atoms with van der Waals surface area (Å²) in [6, 6.07) is 16.6. The Morgan fingerprint density at radius 3 is 2.59 bits per heavy atom. The highest BCUT2D eigenvalue weighted by molar-refractivity contribution is 7.80. The van der Waals surface area contributed by atoms with E-state index in [1.807, 2.05) is 12.1 Å². The van der Waals surface area contributed by atoms with E-state index in [9.17, 15) is 0 Å². The Morgan fingerprint density at radius 1 is 1.14 bits per heavy atom. The Morgan fingerprint density at radius 2 is 1.86 bits per heavy atom. The van der Waals surface area contributed by atoms with E-state index in [1.165, 1.54) is 16.7 Å². The molecule has 22 heavy (non-hydrogen) atoms. The van der Waals surface area contributed by atoms with Crippen LogP contribution in [0.1, 0.15) is 16.7 Å². The van der Waals surface area contributed by atoms with Gasteiger partial charge in [-0.3, -0.25) is 0 Å². The quantitative estimate of drug-likeness (QED) is 0.880. The predicted octanol–water partition coefficient (Wildman–Crippen LogP) is 3.13. The molecule has 0 saturated carbocycles. The third-order valence-corrected chi connectivity index (χ3v) is 4.42. The first-order valence-corrected chi connectivity index (χ1v) is 7.89. The number of rotatable bonds is 3. The molecule has 3 rings (SSSR count). The number of nitrogens with zero attached hydrogens (tertiary/aromatic N) is 1. The highest BCUT2D eigenvalue weighted by atomic mass is 32.1. The lowest BCUT2D eigenvalue weighted by Gasteiger charge is -2.31. The van der Waals surface area contributed by atoms with Crippen molar-refractivity contribution in [3.8, 4) is 5.75 Å². The van der Waals surface area contributed by atoms with Crippen LogP contribution in [0.3, 0.4) is 0 Å². The zero-order valence-corrected chi connectivity index (χ0v) is 13.5. The van der Waals surface area contributed by atoms with Crippen LogP contribution in [-0.2, 0) is 19.5 Å². The topological polar surface area (TPSA) is 24.5 Å². The monoisotopic (exact) mass is 312 g/mol. The smallest absolute Gasteiger partial charge is 0.169 e. The maximum atomic E-state index is 5.54. The van der Waals surface area contributed by atoms with Crippen LogP contribution in [0.5, 0.6) is 5.75 Å². The van der Waals surface area contributed by atoms with Crippen LogP contribution in [0.4, 0.5) is 0 Å². The van der Waals surface area contributed by atoms with Crippen LogP contribution in [0.25, 0.3) is 0 Å². The fraction of sp³-hybridized carbons (Fsp3) is 0.278. The van der Waals surface area contributed by atoms with E-state index in [0.717, 1.165) is 36.9 Å². The van der Waals surface area contributed by atoms with Gasteiger partial charge >= 0.3 is 0 Å². The molecule has 0 aromatic heterocycles. The molecule has 1 heterocycles. The minimum atomic E-state index is 0.737. The fourth-order valence-electron chi connectivity index (χ4n) is 2.70. The highest BCUT2D eigenvalue weighted by Gasteiger charge is 2.17. The van der Waals surface area contributed by atoms with Crippen molar-refractivity contribution in [3.63, 3.8) is 0 Å². The van der Waals surface area contributed by atoms with E-state index in [1.54, 1.807) is 7.11 Å². The van der Waals surface area contributed by atoms with Gasteiger partial charge in [-0.05, 0) is 47.5 Å². The summed E-state index contributed by atoms with van der Waals surface area (Å²) in [5.74, 6) is 0.874. The molecule has 3 nitrogen and oxygen atoms in total. The van der Waals surface area contributed by atoms with Crippen LogP contribution in [0.15, 0.2) is 48.5 Å². The molecule has 2 aromatic carbocycles. The zero-order chi connectivity index (χ0) is 15.4. The van der Waals surface area contributed by atoms with Crippen molar-refractivity contribution in [1.82, 2.24) is 10.2 Å². The summed E-state index contributed by atoms with van der Waals surface area (Å²) in [6.45, 7) is 2.61. The van der Waals surface area contributed by atoms with Gasteiger partial charge in [0.25, 0.3) is 0 Å². The van der Waals surface area contributed by atoms with E-state index in [0.29, 0.717) is 0 Å². The summed E-state index contributed by atoms with van der Waals surface area (Å²) in [5, 5.41) is 4.18. The standard InChI is InChI=1S/C18H20N2OS/c1-21-17-8-6-14(7-9-17)12-19-18(22)20-11-10-15-4-2-3-5-16(15)13-20/h2-9H,10-13H2,1H3,(H,19,22). The third kappa shape index (κ3) is 3.39. The Kier molecular flexibility index (Phi) is 4.59. The van der Waals surface area contributed by atoms with Crippen LogP contribution < -0.4 is 10.1 Å². The number of fused-ring (bicyclic) bond motifs is 1. The molecule has 4 heteroatoms. The predicted molar refractivity (Wildman–Crippen MR) is 93.0 cm³/mol. The van der Waals surface area contributed by atoms with Gasteiger partial charge in [-0.15, -0.1) is 0 Å². The molecule has 1 aliphatic heterocycles. The van der Waals surface area contributed by atoms with Gasteiger partial charge in [-0.25, -0.2) is 0 Å². The second-order valence-electron chi connectivity index (χ2n) is 5.45. The average molecular weight is 312 g/mol. The minimum absolute atomic E-state index is 0.737. The van der Waals surface area contributed by atoms with Gasteiger partial charge in [0, 0.05) is 19.6 Å². The van der Waals surface area contributed by atoms with Crippen molar-refractivity contribution in [2.24, 2.45) is 0 Å². The number of ether oxygens (including phenoxy) is 1. The zero-order valence-electron chi connectivity index (χ0n) is 12.7. The first-order chi connectivity index (χ1) is 10.8. The highest BCUT2D eigenvalue weighted by Crippen LogP contribution is 2.18. The van der Waals surface area contributed by atoms with Crippen LogP contribution in [-0.4, -0.2) is 23.7 Å². The van der Waals surface area contributed by atoms with Crippen molar-refractivity contribution >= 4 is 17.3 Å². The second kappa shape index (κ2) is 6.79. The molecule has 1 N–H and O–H groups in total. The lowest BCUT2D eigenvalue weighted by atomic mass is 10.0. The largest absolute Gasteiger partial charge is 0.497 e. The van der Waals surface area contributed by atoms with Crippen molar-refractivity contribution in [3.05, 3.63) is 65.2 Å². The molecule has 0 fully saturated rings. The molecule has 1 aliphatic rings. The molecule has 2 aromatic rings. The molecule has 0 unspecified atom stereocenters. The average Bonchev–Trinajstić information content (AvgIpc) is 2.59. The number of benzene rings is 2. The summed E-state index contributed by atoms with van der Waals surface area (Å²) in [6.07, 6.45) is 1.06. The van der Waals surface area contributed by atoms with E-state index in [-0.39, 0.29) is 0 Å². The molecule has 0 aliphatic carbocycles. The van der Waals surface area contributed by atoms with Gasteiger partial charge in [-0.1, -0.05) is 36.4 Å². The van der Waals surface area contributed by atoms with Crippen molar-refractivity contribution < 1.29 is 4.74 Å². The maximum Gasteiger partial charge on any atom is 0.169 e. The Hall–Kier alpha value is -2.07. The molecule has 0 amide bonds. The Balaban J connectivity index is 1.56. The molecular weight excluding hydrogens is 292 g/mol. The van der Waals surface area contributed by atoms with Gasteiger partial charge < -0.3 is 15.0 Å². The lowest BCUT2D eigenvalue weighted by Crippen LogP contribution is -2.42. The Bertz CT molecular complexity index is 654. The van der Waals surface area contributed by atoms with Gasteiger partial charge in [0.1, 0.15) is 5.75 Å². The van der Waals surface area contributed by atoms with Gasteiger partial charge in [0.15, 0.2) is 5.11 Å². The minimum Gasteiger partial charge on any atom is -0.497 e. The maximum absolute atomic E-state index is 5.54. The Labute approximate surface area is 136 Å². The summed E-state index contributed by atoms with van der Waals surface area (Å²) >= 11 is 5.54. The first kappa shape index (κ1) is 14.9. The summed E-state index contributed by atoms with van der Waals surface area (Å²) in [4.78, 5) is 2.24. The van der Waals surface area contributed by atoms with E-state index >= 15 is 0 Å².